The molecule has 0 bridgehead atoms. The predicted octanol–water partition coefficient (Wildman–Crippen LogP) is 3.54. The number of rotatable bonds is 6. The van der Waals surface area contributed by atoms with Crippen LogP contribution < -0.4 is 15.8 Å². The van der Waals surface area contributed by atoms with Gasteiger partial charge in [-0.15, -0.1) is 0 Å². The second-order valence-corrected chi connectivity index (χ2v) is 8.99. The summed E-state index contributed by atoms with van der Waals surface area (Å²) in [7, 11) is 0. The first-order valence-corrected chi connectivity index (χ1v) is 11.8. The fraction of sp³-hybridized carbons (Fsp3) is 0.280. The number of hydrogen-bond acceptors (Lipinski definition) is 8. The zero-order valence-electron chi connectivity index (χ0n) is 19.5. The molecule has 6 rings (SSSR count). The number of nitrogens with two attached hydrogens (primary N) is 1. The van der Waals surface area contributed by atoms with Crippen molar-refractivity contribution in [3.05, 3.63) is 72.6 Å². The molecule has 5 heterocycles. The van der Waals surface area contributed by atoms with E-state index in [1.807, 2.05) is 48.1 Å². The number of fused-ring (bicyclic) bond motifs is 2. The monoisotopic (exact) mass is 469 g/mol. The van der Waals surface area contributed by atoms with Gasteiger partial charge in [0.15, 0.2) is 11.5 Å². The number of ether oxygens (including phenoxy) is 1. The second kappa shape index (κ2) is 8.97. The lowest BCUT2D eigenvalue weighted by molar-refractivity contribution is 0.206. The first-order chi connectivity index (χ1) is 17.1. The van der Waals surface area contributed by atoms with E-state index in [0.29, 0.717) is 11.8 Å². The fourth-order valence-corrected chi connectivity index (χ4v) is 4.55. The molecule has 4 aromatic heterocycles. The average Bonchev–Trinajstić information content (AvgIpc) is 3.50. The van der Waals surface area contributed by atoms with E-state index in [0.717, 1.165) is 66.5 Å². The van der Waals surface area contributed by atoms with Crippen molar-refractivity contribution >= 4 is 22.7 Å². The molecule has 1 aliphatic heterocycles. The Hall–Kier alpha value is -4.02. The van der Waals surface area contributed by atoms with Gasteiger partial charge in [-0.3, -0.25) is 4.90 Å². The minimum atomic E-state index is 0.318. The summed E-state index contributed by atoms with van der Waals surface area (Å²) in [5.41, 5.74) is 10.9. The highest BCUT2D eigenvalue weighted by molar-refractivity contribution is 5.76. The normalized spacial score (nSPS) is 15.1. The summed E-state index contributed by atoms with van der Waals surface area (Å²) in [4.78, 5) is 11.2. The molecule has 5 aromatic rings. The lowest BCUT2D eigenvalue weighted by Crippen LogP contribution is -2.39. The van der Waals surface area contributed by atoms with Crippen LogP contribution in [0, 0.1) is 6.92 Å². The molecule has 1 saturated heterocycles. The molecule has 0 atom stereocenters. The van der Waals surface area contributed by atoms with Gasteiger partial charge in [-0.1, -0.05) is 0 Å². The van der Waals surface area contributed by atoms with Crippen LogP contribution in [0.2, 0.25) is 0 Å². The number of pyridine rings is 1. The molecule has 0 amide bonds. The smallest absolute Gasteiger partial charge is 0.158 e. The van der Waals surface area contributed by atoms with Gasteiger partial charge < -0.3 is 15.8 Å². The van der Waals surface area contributed by atoms with Crippen molar-refractivity contribution in [3.63, 3.8) is 0 Å². The van der Waals surface area contributed by atoms with E-state index in [1.54, 1.807) is 10.8 Å². The molecule has 178 valence electrons. The third kappa shape index (κ3) is 4.41. The number of likely N-dealkylation sites (tertiary alicyclic amines) is 1. The van der Waals surface area contributed by atoms with Crippen LogP contribution >= 0.6 is 0 Å². The summed E-state index contributed by atoms with van der Waals surface area (Å²) in [6, 6.07) is 12.2. The molecule has 10 heteroatoms. The molecule has 1 aliphatic rings. The Morgan fingerprint density at radius 3 is 2.66 bits per heavy atom. The summed E-state index contributed by atoms with van der Waals surface area (Å²) >= 11 is 0. The molecule has 0 unspecified atom stereocenters. The molecule has 35 heavy (non-hydrogen) atoms. The van der Waals surface area contributed by atoms with E-state index in [4.69, 9.17) is 10.5 Å². The zero-order chi connectivity index (χ0) is 23.8. The Morgan fingerprint density at radius 1 is 1.00 bits per heavy atom. The summed E-state index contributed by atoms with van der Waals surface area (Å²) < 4.78 is 9.69. The van der Waals surface area contributed by atoms with Crippen LogP contribution in [0.5, 0.6) is 11.5 Å². The summed E-state index contributed by atoms with van der Waals surface area (Å²) in [6.07, 6.45) is 8.98. The van der Waals surface area contributed by atoms with Crippen molar-refractivity contribution in [1.82, 2.24) is 34.1 Å². The minimum absolute atomic E-state index is 0.318. The molecule has 3 N–H and O–H groups in total. The van der Waals surface area contributed by atoms with Crippen LogP contribution in [0.15, 0.2) is 61.4 Å². The number of nitrogens with zero attached hydrogens (tertiary/aromatic N) is 7. The van der Waals surface area contributed by atoms with Gasteiger partial charge in [0.25, 0.3) is 0 Å². The molecule has 0 saturated carbocycles. The number of aryl methyl sites for hydroxylation is 1. The van der Waals surface area contributed by atoms with E-state index in [2.05, 4.69) is 42.5 Å². The quantitative estimate of drug-likeness (QED) is 0.389. The van der Waals surface area contributed by atoms with Crippen LogP contribution in [0.4, 0.5) is 11.5 Å². The SMILES string of the molecule is Cc1cc(Nc2ncnn3ccc(CN4CCC(N)CC4)c23)ccc1Oc1ccn2ncnc2c1. The van der Waals surface area contributed by atoms with Gasteiger partial charge in [0.1, 0.15) is 29.7 Å². The van der Waals surface area contributed by atoms with Crippen molar-refractivity contribution in [3.8, 4) is 11.5 Å². The highest BCUT2D eigenvalue weighted by Gasteiger charge is 2.19. The van der Waals surface area contributed by atoms with Crippen molar-refractivity contribution in [2.24, 2.45) is 5.73 Å². The Labute approximate surface area is 202 Å². The Bertz CT molecular complexity index is 1480. The van der Waals surface area contributed by atoms with E-state index < -0.39 is 0 Å². The van der Waals surface area contributed by atoms with Crippen molar-refractivity contribution in [2.45, 2.75) is 32.4 Å². The predicted molar refractivity (Wildman–Crippen MR) is 133 cm³/mol. The average molecular weight is 470 g/mol. The third-order valence-corrected chi connectivity index (χ3v) is 6.48. The molecular formula is C25H27N9O. The van der Waals surface area contributed by atoms with Crippen LogP contribution in [0.3, 0.4) is 0 Å². The summed E-state index contributed by atoms with van der Waals surface area (Å²) in [6.45, 7) is 4.90. The second-order valence-electron chi connectivity index (χ2n) is 8.99. The molecule has 1 aromatic carbocycles. The largest absolute Gasteiger partial charge is 0.457 e. The number of hydrogen-bond donors (Lipinski definition) is 2. The van der Waals surface area contributed by atoms with Gasteiger partial charge in [0.2, 0.25) is 0 Å². The Kier molecular flexibility index (Phi) is 5.51. The van der Waals surface area contributed by atoms with Gasteiger partial charge >= 0.3 is 0 Å². The first kappa shape index (κ1) is 21.5. The molecular weight excluding hydrogens is 442 g/mol. The molecule has 0 aliphatic carbocycles. The van der Waals surface area contributed by atoms with E-state index in [9.17, 15) is 0 Å². The number of benzene rings is 1. The molecule has 0 radical (unpaired) electrons. The van der Waals surface area contributed by atoms with Crippen molar-refractivity contribution in [1.29, 1.82) is 0 Å². The van der Waals surface area contributed by atoms with Crippen LogP contribution in [0.1, 0.15) is 24.0 Å². The molecule has 10 nitrogen and oxygen atoms in total. The van der Waals surface area contributed by atoms with E-state index in [-0.39, 0.29) is 0 Å². The maximum absolute atomic E-state index is 6.11. The van der Waals surface area contributed by atoms with Gasteiger partial charge in [-0.05, 0) is 74.3 Å². The summed E-state index contributed by atoms with van der Waals surface area (Å²) in [5.74, 6) is 2.27. The topological polar surface area (TPSA) is 111 Å². The van der Waals surface area contributed by atoms with Crippen LogP contribution in [-0.4, -0.2) is 53.2 Å². The standard InChI is InChI=1S/C25H27N9O/c1-17-12-20(2-3-22(17)35-21-7-11-33-23(13-21)27-15-29-33)31-25-24-18(4-10-34(24)30-16-28-25)14-32-8-5-19(26)6-9-32/h2-4,7,10-13,15-16,19H,5-6,8-9,14,26H2,1H3,(H,28,30,31). The van der Waals surface area contributed by atoms with Gasteiger partial charge in [-0.2, -0.15) is 10.2 Å². The number of nitrogens with one attached hydrogen (secondary N) is 1. The number of piperidine rings is 1. The highest BCUT2D eigenvalue weighted by atomic mass is 16.5. The van der Waals surface area contributed by atoms with Crippen LogP contribution in [0.25, 0.3) is 11.2 Å². The zero-order valence-corrected chi connectivity index (χ0v) is 19.5. The lowest BCUT2D eigenvalue weighted by atomic mass is 10.1. The van der Waals surface area contributed by atoms with Crippen molar-refractivity contribution < 1.29 is 4.74 Å². The molecule has 1 fully saturated rings. The van der Waals surface area contributed by atoms with Gasteiger partial charge in [0.05, 0.1) is 0 Å². The minimum Gasteiger partial charge on any atom is -0.457 e. The van der Waals surface area contributed by atoms with Gasteiger partial charge in [0, 0.05) is 36.7 Å². The lowest BCUT2D eigenvalue weighted by Gasteiger charge is -2.29. The van der Waals surface area contributed by atoms with E-state index >= 15 is 0 Å². The van der Waals surface area contributed by atoms with Crippen LogP contribution in [-0.2, 0) is 6.54 Å². The van der Waals surface area contributed by atoms with E-state index in [1.165, 1.54) is 11.9 Å². The first-order valence-electron chi connectivity index (χ1n) is 11.8. The number of anilines is 2. The third-order valence-electron chi connectivity index (χ3n) is 6.48. The number of aromatic nitrogens is 6. The fourth-order valence-electron chi connectivity index (χ4n) is 4.55. The summed E-state index contributed by atoms with van der Waals surface area (Å²) in [5, 5.41) is 12.0. The Balaban J connectivity index is 1.22. The van der Waals surface area contributed by atoms with Crippen molar-refractivity contribution in [2.75, 3.05) is 18.4 Å². The molecule has 0 spiro atoms. The van der Waals surface area contributed by atoms with Gasteiger partial charge in [-0.25, -0.2) is 19.0 Å². The Morgan fingerprint density at radius 2 is 1.80 bits per heavy atom. The highest BCUT2D eigenvalue weighted by Crippen LogP contribution is 2.30. The maximum Gasteiger partial charge on any atom is 0.158 e. The maximum atomic E-state index is 6.11.